The van der Waals surface area contributed by atoms with Gasteiger partial charge >= 0.3 is 5.97 Å². The lowest BCUT2D eigenvalue weighted by molar-refractivity contribution is -0.134. The van der Waals surface area contributed by atoms with Crippen molar-refractivity contribution in [3.8, 4) is 17.1 Å². The SMILES string of the molecule is O=C(CCN1C(=O)c2ccccc2C1=O)Oc1ccc(-c2nc3ccccc3n2Cc2ccccc2)cc1. The minimum atomic E-state index is -0.523. The molecule has 0 aliphatic carbocycles. The summed E-state index contributed by atoms with van der Waals surface area (Å²) in [6.07, 6.45) is -0.0971. The highest BCUT2D eigenvalue weighted by atomic mass is 16.5. The zero-order valence-corrected chi connectivity index (χ0v) is 20.4. The van der Waals surface area contributed by atoms with Gasteiger partial charge in [-0.05, 0) is 54.1 Å². The summed E-state index contributed by atoms with van der Waals surface area (Å²) in [5, 5.41) is 0. The van der Waals surface area contributed by atoms with E-state index >= 15 is 0 Å². The van der Waals surface area contributed by atoms with Gasteiger partial charge in [0.2, 0.25) is 0 Å². The summed E-state index contributed by atoms with van der Waals surface area (Å²) in [5.41, 5.74) is 4.72. The Bertz CT molecular complexity index is 1640. The predicted molar refractivity (Wildman–Crippen MR) is 143 cm³/mol. The van der Waals surface area contributed by atoms with E-state index in [1.807, 2.05) is 48.5 Å². The van der Waals surface area contributed by atoms with Gasteiger partial charge < -0.3 is 9.30 Å². The number of amides is 2. The highest BCUT2D eigenvalue weighted by molar-refractivity contribution is 6.21. The number of benzene rings is 4. The molecule has 0 saturated carbocycles. The first-order valence-electron chi connectivity index (χ1n) is 12.3. The van der Waals surface area contributed by atoms with Crippen molar-refractivity contribution in [1.29, 1.82) is 0 Å². The van der Waals surface area contributed by atoms with E-state index in [0.29, 0.717) is 23.4 Å². The number of ether oxygens (including phenoxy) is 1. The van der Waals surface area contributed by atoms with Crippen LogP contribution in [0.3, 0.4) is 0 Å². The van der Waals surface area contributed by atoms with Gasteiger partial charge in [0, 0.05) is 18.7 Å². The monoisotopic (exact) mass is 501 g/mol. The van der Waals surface area contributed by atoms with Crippen molar-refractivity contribution >= 4 is 28.8 Å². The van der Waals surface area contributed by atoms with Crippen molar-refractivity contribution < 1.29 is 19.1 Å². The van der Waals surface area contributed by atoms with Gasteiger partial charge in [-0.2, -0.15) is 0 Å². The maximum atomic E-state index is 12.5. The van der Waals surface area contributed by atoms with Gasteiger partial charge in [0.05, 0.1) is 28.6 Å². The highest BCUT2D eigenvalue weighted by Crippen LogP contribution is 2.28. The number of hydrogen-bond donors (Lipinski definition) is 0. The molecule has 0 spiro atoms. The molecule has 0 unspecified atom stereocenters. The third kappa shape index (κ3) is 4.35. The molecule has 0 radical (unpaired) electrons. The number of rotatable bonds is 7. The van der Waals surface area contributed by atoms with Gasteiger partial charge in [-0.25, -0.2) is 4.98 Å². The van der Waals surface area contributed by atoms with Crippen LogP contribution in [0.5, 0.6) is 5.75 Å². The minimum absolute atomic E-state index is 0.0349. The van der Waals surface area contributed by atoms with Crippen LogP contribution in [0.4, 0.5) is 0 Å². The smallest absolute Gasteiger partial charge is 0.312 e. The second kappa shape index (κ2) is 9.78. The molecule has 4 aromatic carbocycles. The molecule has 1 aliphatic heterocycles. The van der Waals surface area contributed by atoms with Crippen LogP contribution in [-0.2, 0) is 11.3 Å². The Balaban J connectivity index is 1.16. The summed E-state index contributed by atoms with van der Waals surface area (Å²) in [7, 11) is 0. The average Bonchev–Trinajstić information content (AvgIpc) is 3.43. The molecule has 1 aromatic heterocycles. The fourth-order valence-corrected chi connectivity index (χ4v) is 4.72. The largest absolute Gasteiger partial charge is 0.426 e. The van der Waals surface area contributed by atoms with Crippen LogP contribution >= 0.6 is 0 Å². The van der Waals surface area contributed by atoms with Gasteiger partial charge in [-0.15, -0.1) is 0 Å². The molecule has 38 heavy (non-hydrogen) atoms. The van der Waals surface area contributed by atoms with Gasteiger partial charge in [-0.3, -0.25) is 19.3 Å². The van der Waals surface area contributed by atoms with Crippen LogP contribution in [0.15, 0.2) is 103 Å². The number of imide groups is 1. The number of aromatic nitrogens is 2. The molecule has 2 amide bonds. The van der Waals surface area contributed by atoms with Gasteiger partial charge in [-0.1, -0.05) is 54.6 Å². The number of imidazole rings is 1. The van der Waals surface area contributed by atoms with E-state index in [9.17, 15) is 14.4 Å². The zero-order chi connectivity index (χ0) is 26.1. The second-order valence-corrected chi connectivity index (χ2v) is 9.05. The summed E-state index contributed by atoms with van der Waals surface area (Å²) in [6, 6.07) is 32.1. The van der Waals surface area contributed by atoms with Gasteiger partial charge in [0.1, 0.15) is 11.6 Å². The Morgan fingerprint density at radius 1 is 0.737 bits per heavy atom. The number of fused-ring (bicyclic) bond motifs is 2. The van der Waals surface area contributed by atoms with E-state index in [2.05, 4.69) is 22.8 Å². The summed E-state index contributed by atoms with van der Waals surface area (Å²) in [6.45, 7) is 0.637. The number of carbonyl (C=O) groups is 3. The minimum Gasteiger partial charge on any atom is -0.426 e. The summed E-state index contributed by atoms with van der Waals surface area (Å²) in [5.74, 6) is -0.0988. The van der Waals surface area contributed by atoms with Gasteiger partial charge in [0.25, 0.3) is 11.8 Å². The van der Waals surface area contributed by atoms with E-state index in [1.54, 1.807) is 36.4 Å². The molecule has 7 nitrogen and oxygen atoms in total. The van der Waals surface area contributed by atoms with Crippen LogP contribution in [0, 0.1) is 0 Å². The van der Waals surface area contributed by atoms with Crippen molar-refractivity contribution in [2.75, 3.05) is 6.54 Å². The molecule has 186 valence electrons. The molecule has 0 fully saturated rings. The molecule has 7 heteroatoms. The molecule has 0 saturated heterocycles. The number of para-hydroxylation sites is 2. The van der Waals surface area contributed by atoms with Crippen molar-refractivity contribution in [2.24, 2.45) is 0 Å². The molecule has 0 N–H and O–H groups in total. The van der Waals surface area contributed by atoms with Crippen molar-refractivity contribution in [1.82, 2.24) is 14.5 Å². The normalized spacial score (nSPS) is 12.7. The molecule has 0 atom stereocenters. The van der Waals surface area contributed by atoms with Crippen LogP contribution in [0.1, 0.15) is 32.7 Å². The third-order valence-electron chi connectivity index (χ3n) is 6.60. The van der Waals surface area contributed by atoms with Crippen molar-refractivity contribution in [3.63, 3.8) is 0 Å². The average molecular weight is 502 g/mol. The maximum absolute atomic E-state index is 12.5. The standard InChI is InChI=1S/C31H23N3O4/c35-28(18-19-33-30(36)24-10-4-5-11-25(24)31(33)37)38-23-16-14-22(15-17-23)29-32-26-12-6-7-13-27(26)34(29)20-21-8-2-1-3-9-21/h1-17H,18-20H2. The number of esters is 1. The fourth-order valence-electron chi connectivity index (χ4n) is 4.72. The molecular weight excluding hydrogens is 478 g/mol. The second-order valence-electron chi connectivity index (χ2n) is 9.05. The predicted octanol–water partition coefficient (Wildman–Crippen LogP) is 5.34. The first-order chi connectivity index (χ1) is 18.6. The maximum Gasteiger partial charge on any atom is 0.312 e. The van der Waals surface area contributed by atoms with Crippen LogP contribution in [0.25, 0.3) is 22.4 Å². The Kier molecular flexibility index (Phi) is 6.01. The lowest BCUT2D eigenvalue weighted by atomic mass is 10.1. The van der Waals surface area contributed by atoms with Crippen LogP contribution < -0.4 is 4.74 Å². The van der Waals surface area contributed by atoms with E-state index in [4.69, 9.17) is 9.72 Å². The summed E-state index contributed by atoms with van der Waals surface area (Å²) >= 11 is 0. The Labute approximate surface area is 218 Å². The van der Waals surface area contributed by atoms with Crippen LogP contribution in [-0.4, -0.2) is 38.8 Å². The molecular formula is C31H23N3O4. The van der Waals surface area contributed by atoms with Crippen molar-refractivity contribution in [2.45, 2.75) is 13.0 Å². The molecule has 1 aliphatic rings. The number of carbonyl (C=O) groups excluding carboxylic acids is 3. The lowest BCUT2D eigenvalue weighted by Gasteiger charge is -2.13. The zero-order valence-electron chi connectivity index (χ0n) is 20.4. The lowest BCUT2D eigenvalue weighted by Crippen LogP contribution is -2.32. The fraction of sp³-hybridized carbons (Fsp3) is 0.0968. The van der Waals surface area contributed by atoms with Gasteiger partial charge in [0.15, 0.2) is 0 Å². The quantitative estimate of drug-likeness (QED) is 0.171. The molecule has 2 heterocycles. The Morgan fingerprint density at radius 2 is 1.37 bits per heavy atom. The van der Waals surface area contributed by atoms with Crippen LogP contribution in [0.2, 0.25) is 0 Å². The summed E-state index contributed by atoms with van der Waals surface area (Å²) in [4.78, 5) is 43.5. The molecule has 5 aromatic rings. The van der Waals surface area contributed by atoms with E-state index in [1.165, 1.54) is 5.56 Å². The van der Waals surface area contributed by atoms with Crippen molar-refractivity contribution in [3.05, 3.63) is 120 Å². The van der Waals surface area contributed by atoms with E-state index in [-0.39, 0.29) is 24.8 Å². The third-order valence-corrected chi connectivity index (χ3v) is 6.60. The number of hydrogen-bond acceptors (Lipinski definition) is 5. The molecule has 6 rings (SSSR count). The van der Waals surface area contributed by atoms with E-state index < -0.39 is 5.97 Å². The number of nitrogens with zero attached hydrogens (tertiary/aromatic N) is 3. The molecule has 0 bridgehead atoms. The highest BCUT2D eigenvalue weighted by Gasteiger charge is 2.35. The topological polar surface area (TPSA) is 81.5 Å². The summed E-state index contributed by atoms with van der Waals surface area (Å²) < 4.78 is 7.66. The Hall–Kier alpha value is -5.04. The first-order valence-corrected chi connectivity index (χ1v) is 12.3. The van der Waals surface area contributed by atoms with E-state index in [0.717, 1.165) is 27.3 Å². The Morgan fingerprint density at radius 3 is 2.08 bits per heavy atom. The first kappa shape index (κ1) is 23.4.